The first kappa shape index (κ1) is 24.0. The van der Waals surface area contributed by atoms with Gasteiger partial charge in [-0.25, -0.2) is 8.42 Å². The molecule has 0 unspecified atom stereocenters. The third-order valence-electron chi connectivity index (χ3n) is 5.39. The molecule has 0 aliphatic carbocycles. The maximum absolute atomic E-state index is 12.8. The first-order valence-corrected chi connectivity index (χ1v) is 12.2. The van der Waals surface area contributed by atoms with Crippen molar-refractivity contribution in [3.63, 3.8) is 0 Å². The van der Waals surface area contributed by atoms with E-state index >= 15 is 0 Å². The summed E-state index contributed by atoms with van der Waals surface area (Å²) in [6, 6.07) is 11.3. The molecule has 1 fully saturated rings. The van der Waals surface area contributed by atoms with E-state index in [1.807, 2.05) is 7.05 Å². The number of unbranched alkanes of at least 4 members (excludes halogenated alkanes) is 1. The minimum absolute atomic E-state index is 0.218. The Hall–Kier alpha value is -2.62. The maximum Gasteiger partial charge on any atom is 0.255 e. The van der Waals surface area contributed by atoms with Crippen LogP contribution in [0.15, 0.2) is 47.4 Å². The zero-order chi connectivity index (χ0) is 23.1. The third kappa shape index (κ3) is 5.79. The number of hydrogen-bond acceptors (Lipinski definition) is 6. The van der Waals surface area contributed by atoms with Gasteiger partial charge in [0.15, 0.2) is 11.5 Å². The van der Waals surface area contributed by atoms with Gasteiger partial charge in [-0.3, -0.25) is 4.79 Å². The fraction of sp³-hybridized carbons (Fsp3) is 0.435. The van der Waals surface area contributed by atoms with Gasteiger partial charge in [-0.1, -0.05) is 13.3 Å². The Morgan fingerprint density at radius 1 is 1.03 bits per heavy atom. The van der Waals surface area contributed by atoms with E-state index < -0.39 is 10.0 Å². The summed E-state index contributed by atoms with van der Waals surface area (Å²) in [7, 11) is -0.0356. The van der Waals surface area contributed by atoms with Gasteiger partial charge in [-0.05, 0) is 55.9 Å². The van der Waals surface area contributed by atoms with Crippen LogP contribution in [0, 0.1) is 0 Å². The van der Waals surface area contributed by atoms with Crippen molar-refractivity contribution in [3.8, 4) is 11.5 Å². The number of sulfonamides is 1. The smallest absolute Gasteiger partial charge is 0.255 e. The molecule has 1 N–H and O–H groups in total. The predicted octanol–water partition coefficient (Wildman–Crippen LogP) is 3.06. The van der Waals surface area contributed by atoms with Crippen LogP contribution in [0.4, 0.5) is 5.69 Å². The number of likely N-dealkylation sites (N-methyl/N-ethyl adjacent to an activating group) is 1. The molecule has 0 saturated carbocycles. The minimum Gasteiger partial charge on any atom is -0.493 e. The lowest BCUT2D eigenvalue weighted by Gasteiger charge is -2.31. The van der Waals surface area contributed by atoms with E-state index in [4.69, 9.17) is 9.47 Å². The van der Waals surface area contributed by atoms with Gasteiger partial charge < -0.3 is 19.7 Å². The number of amides is 1. The SMILES string of the molecule is CCCCOc1ccc(C(=O)Nc2ccc(S(=O)(=O)N3CCN(C)CC3)cc2)cc1OC. The second-order valence-electron chi connectivity index (χ2n) is 7.75. The molecule has 2 aromatic rings. The fourth-order valence-electron chi connectivity index (χ4n) is 3.35. The largest absolute Gasteiger partial charge is 0.493 e. The quantitative estimate of drug-likeness (QED) is 0.578. The Morgan fingerprint density at radius 3 is 2.34 bits per heavy atom. The van der Waals surface area contributed by atoms with Gasteiger partial charge in [0.05, 0.1) is 18.6 Å². The number of piperazine rings is 1. The summed E-state index contributed by atoms with van der Waals surface area (Å²) in [6.07, 6.45) is 1.96. The second-order valence-corrected chi connectivity index (χ2v) is 9.69. The van der Waals surface area contributed by atoms with Gasteiger partial charge in [-0.2, -0.15) is 4.31 Å². The van der Waals surface area contributed by atoms with Gasteiger partial charge in [0.25, 0.3) is 5.91 Å². The summed E-state index contributed by atoms with van der Waals surface area (Å²) >= 11 is 0. The molecule has 32 heavy (non-hydrogen) atoms. The zero-order valence-electron chi connectivity index (χ0n) is 18.8. The monoisotopic (exact) mass is 461 g/mol. The van der Waals surface area contributed by atoms with Crippen molar-refractivity contribution in [2.24, 2.45) is 0 Å². The van der Waals surface area contributed by atoms with Crippen molar-refractivity contribution in [2.75, 3.05) is 52.3 Å². The van der Waals surface area contributed by atoms with Gasteiger partial charge in [-0.15, -0.1) is 0 Å². The molecule has 0 aromatic heterocycles. The molecule has 1 saturated heterocycles. The molecule has 1 heterocycles. The average Bonchev–Trinajstić information content (AvgIpc) is 2.80. The highest BCUT2D eigenvalue weighted by atomic mass is 32.2. The summed E-state index contributed by atoms with van der Waals surface area (Å²) in [4.78, 5) is 15.0. The first-order valence-electron chi connectivity index (χ1n) is 10.8. The lowest BCUT2D eigenvalue weighted by molar-refractivity contribution is 0.102. The highest BCUT2D eigenvalue weighted by Crippen LogP contribution is 2.29. The number of benzene rings is 2. The summed E-state index contributed by atoms with van der Waals surface area (Å²) in [6.45, 7) is 5.03. The Bertz CT molecular complexity index is 1020. The molecule has 0 radical (unpaired) electrons. The molecule has 1 amide bonds. The van der Waals surface area contributed by atoms with Crippen molar-refractivity contribution in [1.29, 1.82) is 0 Å². The first-order chi connectivity index (χ1) is 15.3. The molecular weight excluding hydrogens is 430 g/mol. The van der Waals surface area contributed by atoms with Crippen LogP contribution in [0.2, 0.25) is 0 Å². The minimum atomic E-state index is -3.54. The highest BCUT2D eigenvalue weighted by Gasteiger charge is 2.27. The summed E-state index contributed by atoms with van der Waals surface area (Å²) < 4.78 is 38.2. The summed E-state index contributed by atoms with van der Waals surface area (Å²) in [5.74, 6) is 0.761. The number of anilines is 1. The van der Waals surface area contributed by atoms with Gasteiger partial charge >= 0.3 is 0 Å². The van der Waals surface area contributed by atoms with Crippen LogP contribution in [0.1, 0.15) is 30.1 Å². The molecule has 1 aliphatic heterocycles. The fourth-order valence-corrected chi connectivity index (χ4v) is 4.77. The molecule has 2 aromatic carbocycles. The molecule has 8 nitrogen and oxygen atoms in total. The predicted molar refractivity (Wildman–Crippen MR) is 124 cm³/mol. The lowest BCUT2D eigenvalue weighted by atomic mass is 10.2. The van der Waals surface area contributed by atoms with Crippen LogP contribution in [0.5, 0.6) is 11.5 Å². The van der Waals surface area contributed by atoms with E-state index in [1.165, 1.54) is 23.5 Å². The Morgan fingerprint density at radius 2 is 1.72 bits per heavy atom. The van der Waals surface area contributed by atoms with E-state index in [0.717, 1.165) is 12.8 Å². The van der Waals surface area contributed by atoms with Crippen molar-refractivity contribution < 1.29 is 22.7 Å². The number of rotatable bonds is 9. The van der Waals surface area contributed by atoms with Crippen LogP contribution in [0.25, 0.3) is 0 Å². The Kier molecular flexibility index (Phi) is 8.11. The maximum atomic E-state index is 12.8. The van der Waals surface area contributed by atoms with E-state index in [9.17, 15) is 13.2 Å². The van der Waals surface area contributed by atoms with Gasteiger partial charge in [0.2, 0.25) is 10.0 Å². The van der Waals surface area contributed by atoms with Crippen LogP contribution in [0.3, 0.4) is 0 Å². The lowest BCUT2D eigenvalue weighted by Crippen LogP contribution is -2.46. The van der Waals surface area contributed by atoms with E-state index in [-0.39, 0.29) is 10.8 Å². The normalized spacial score (nSPS) is 15.3. The molecule has 174 valence electrons. The van der Waals surface area contributed by atoms with Gasteiger partial charge in [0.1, 0.15) is 0 Å². The number of nitrogens with zero attached hydrogens (tertiary/aromatic N) is 2. The topological polar surface area (TPSA) is 88.2 Å². The number of carbonyl (C=O) groups excluding carboxylic acids is 1. The number of nitrogens with one attached hydrogen (secondary N) is 1. The highest BCUT2D eigenvalue weighted by molar-refractivity contribution is 7.89. The Labute approximate surface area is 190 Å². The van der Waals surface area contributed by atoms with Crippen LogP contribution < -0.4 is 14.8 Å². The van der Waals surface area contributed by atoms with Crippen molar-refractivity contribution in [1.82, 2.24) is 9.21 Å². The van der Waals surface area contributed by atoms with Crippen LogP contribution in [-0.2, 0) is 10.0 Å². The molecule has 0 bridgehead atoms. The second kappa shape index (κ2) is 10.8. The summed E-state index contributed by atoms with van der Waals surface area (Å²) in [5, 5.41) is 2.79. The average molecular weight is 462 g/mol. The standard InChI is InChI=1S/C23H31N3O5S/c1-4-5-16-31-21-11-6-18(17-22(21)30-3)23(27)24-19-7-9-20(10-8-19)32(28,29)26-14-12-25(2)13-15-26/h6-11,17H,4-5,12-16H2,1-3H3,(H,24,27). The number of carbonyl (C=O) groups is 1. The van der Waals surface area contributed by atoms with Gasteiger partial charge in [0, 0.05) is 37.4 Å². The zero-order valence-corrected chi connectivity index (χ0v) is 19.7. The number of hydrogen-bond donors (Lipinski definition) is 1. The molecule has 3 rings (SSSR count). The third-order valence-corrected chi connectivity index (χ3v) is 7.31. The van der Waals surface area contributed by atoms with E-state index in [1.54, 1.807) is 30.3 Å². The molecule has 1 aliphatic rings. The number of methoxy groups -OCH3 is 1. The molecule has 9 heteroatoms. The molecule has 0 spiro atoms. The van der Waals surface area contributed by atoms with E-state index in [0.29, 0.717) is 55.5 Å². The van der Waals surface area contributed by atoms with Crippen LogP contribution >= 0.6 is 0 Å². The van der Waals surface area contributed by atoms with Crippen molar-refractivity contribution >= 4 is 21.6 Å². The van der Waals surface area contributed by atoms with E-state index in [2.05, 4.69) is 17.1 Å². The molecule has 0 atom stereocenters. The van der Waals surface area contributed by atoms with Crippen molar-refractivity contribution in [3.05, 3.63) is 48.0 Å². The molecular formula is C23H31N3O5S. The van der Waals surface area contributed by atoms with Crippen LogP contribution in [-0.4, -0.2) is 70.5 Å². The summed E-state index contributed by atoms with van der Waals surface area (Å²) in [5.41, 5.74) is 0.924. The Balaban J connectivity index is 1.67. The number of ether oxygens (including phenoxy) is 2. The van der Waals surface area contributed by atoms with Crippen molar-refractivity contribution in [2.45, 2.75) is 24.7 Å².